The summed E-state index contributed by atoms with van der Waals surface area (Å²) in [6.45, 7) is 1.83. The van der Waals surface area contributed by atoms with Crippen molar-refractivity contribution in [2.45, 2.75) is 13.0 Å². The fourth-order valence-electron chi connectivity index (χ4n) is 3.19. The summed E-state index contributed by atoms with van der Waals surface area (Å²) in [6.07, 6.45) is 0.979. The van der Waals surface area contributed by atoms with Crippen LogP contribution in [-0.2, 0) is 13.0 Å². The summed E-state index contributed by atoms with van der Waals surface area (Å²) in [5.74, 6) is 0.860. The number of methoxy groups -OCH3 is 1. The van der Waals surface area contributed by atoms with Crippen LogP contribution in [0.4, 0.5) is 0 Å². The molecule has 116 valence electrons. The van der Waals surface area contributed by atoms with E-state index >= 15 is 0 Å². The molecule has 0 amide bonds. The third kappa shape index (κ3) is 2.41. The minimum atomic E-state index is 0.843. The molecule has 1 aromatic heterocycles. The Hall–Kier alpha value is -2.59. The molecule has 4 heteroatoms. The molecule has 0 spiro atoms. The Morgan fingerprint density at radius 3 is 2.65 bits per heavy atom. The molecule has 0 bridgehead atoms. The summed E-state index contributed by atoms with van der Waals surface area (Å²) < 4.78 is 7.62. The average Bonchev–Trinajstić information content (AvgIpc) is 3.02. The van der Waals surface area contributed by atoms with Gasteiger partial charge in [-0.2, -0.15) is 5.10 Å². The van der Waals surface area contributed by atoms with E-state index in [0.29, 0.717) is 0 Å². The highest BCUT2D eigenvalue weighted by molar-refractivity contribution is 5.71. The molecule has 0 aliphatic carbocycles. The highest BCUT2D eigenvalue weighted by atomic mass is 16.5. The van der Waals surface area contributed by atoms with E-state index in [1.54, 1.807) is 7.11 Å². The van der Waals surface area contributed by atoms with E-state index in [0.717, 1.165) is 42.2 Å². The zero-order valence-corrected chi connectivity index (χ0v) is 13.1. The second-order valence-electron chi connectivity index (χ2n) is 5.65. The van der Waals surface area contributed by atoms with Crippen LogP contribution in [0.15, 0.2) is 54.6 Å². The number of benzene rings is 2. The second kappa shape index (κ2) is 5.89. The summed E-state index contributed by atoms with van der Waals surface area (Å²) in [5, 5.41) is 8.40. The predicted octanol–water partition coefficient (Wildman–Crippen LogP) is 3.19. The van der Waals surface area contributed by atoms with Gasteiger partial charge in [0, 0.05) is 30.6 Å². The summed E-state index contributed by atoms with van der Waals surface area (Å²) in [6, 6.07) is 18.4. The number of aromatic nitrogens is 2. The molecule has 0 saturated heterocycles. The number of ether oxygens (including phenoxy) is 1. The largest absolute Gasteiger partial charge is 0.496 e. The SMILES string of the molecule is COc1ccccc1-c1nn(-c2ccccc2)c2c1CNCC2. The highest BCUT2D eigenvalue weighted by Crippen LogP contribution is 2.34. The van der Waals surface area contributed by atoms with E-state index in [-0.39, 0.29) is 0 Å². The predicted molar refractivity (Wildman–Crippen MR) is 91.0 cm³/mol. The van der Waals surface area contributed by atoms with Gasteiger partial charge in [-0.1, -0.05) is 30.3 Å². The Bertz CT molecular complexity index is 824. The van der Waals surface area contributed by atoms with Crippen molar-refractivity contribution in [2.24, 2.45) is 0 Å². The van der Waals surface area contributed by atoms with Crippen molar-refractivity contribution in [3.05, 3.63) is 65.9 Å². The Labute approximate surface area is 135 Å². The molecule has 2 aromatic carbocycles. The number of nitrogens with one attached hydrogen (secondary N) is 1. The van der Waals surface area contributed by atoms with E-state index in [1.807, 2.05) is 36.4 Å². The van der Waals surface area contributed by atoms with Gasteiger partial charge in [0.2, 0.25) is 0 Å². The van der Waals surface area contributed by atoms with Crippen LogP contribution in [0.2, 0.25) is 0 Å². The number of para-hydroxylation sites is 2. The van der Waals surface area contributed by atoms with Crippen LogP contribution >= 0.6 is 0 Å². The van der Waals surface area contributed by atoms with Crippen molar-refractivity contribution in [3.63, 3.8) is 0 Å². The molecule has 0 radical (unpaired) electrons. The van der Waals surface area contributed by atoms with Crippen molar-refractivity contribution >= 4 is 0 Å². The van der Waals surface area contributed by atoms with Crippen LogP contribution in [0.3, 0.4) is 0 Å². The third-order valence-corrected chi connectivity index (χ3v) is 4.29. The van der Waals surface area contributed by atoms with Gasteiger partial charge in [-0.15, -0.1) is 0 Å². The van der Waals surface area contributed by atoms with Crippen LogP contribution in [0, 0.1) is 0 Å². The van der Waals surface area contributed by atoms with Crippen LogP contribution in [0.25, 0.3) is 16.9 Å². The number of fused-ring (bicyclic) bond motifs is 1. The van der Waals surface area contributed by atoms with Crippen LogP contribution in [-0.4, -0.2) is 23.4 Å². The first-order valence-electron chi connectivity index (χ1n) is 7.89. The third-order valence-electron chi connectivity index (χ3n) is 4.29. The van der Waals surface area contributed by atoms with E-state index in [9.17, 15) is 0 Å². The molecule has 0 fully saturated rings. The average molecular weight is 305 g/mol. The summed E-state index contributed by atoms with van der Waals surface area (Å²) in [4.78, 5) is 0. The van der Waals surface area contributed by atoms with Gasteiger partial charge in [0.25, 0.3) is 0 Å². The van der Waals surface area contributed by atoms with Crippen LogP contribution in [0.5, 0.6) is 5.75 Å². The first-order chi connectivity index (χ1) is 11.4. The normalized spacial score (nSPS) is 13.6. The van der Waals surface area contributed by atoms with Crippen molar-refractivity contribution in [1.29, 1.82) is 0 Å². The molecule has 3 aromatic rings. The van der Waals surface area contributed by atoms with E-state index < -0.39 is 0 Å². The highest BCUT2D eigenvalue weighted by Gasteiger charge is 2.23. The maximum Gasteiger partial charge on any atom is 0.128 e. The van der Waals surface area contributed by atoms with Crippen molar-refractivity contribution in [1.82, 2.24) is 15.1 Å². The van der Waals surface area contributed by atoms with E-state index in [4.69, 9.17) is 9.84 Å². The minimum Gasteiger partial charge on any atom is -0.496 e. The first kappa shape index (κ1) is 14.0. The van der Waals surface area contributed by atoms with Gasteiger partial charge in [-0.25, -0.2) is 4.68 Å². The van der Waals surface area contributed by atoms with Crippen LogP contribution in [0.1, 0.15) is 11.3 Å². The van der Waals surface area contributed by atoms with Gasteiger partial charge in [-0.05, 0) is 24.3 Å². The lowest BCUT2D eigenvalue weighted by Gasteiger charge is -2.16. The molecule has 1 aliphatic rings. The Morgan fingerprint density at radius 1 is 1.04 bits per heavy atom. The summed E-state index contributed by atoms with van der Waals surface area (Å²) in [7, 11) is 1.71. The molecule has 0 unspecified atom stereocenters. The summed E-state index contributed by atoms with van der Waals surface area (Å²) in [5.41, 5.74) is 5.71. The maximum absolute atomic E-state index is 5.54. The lowest BCUT2D eigenvalue weighted by molar-refractivity contribution is 0.416. The Balaban J connectivity index is 1.93. The first-order valence-corrected chi connectivity index (χ1v) is 7.89. The van der Waals surface area contributed by atoms with Crippen LogP contribution < -0.4 is 10.1 Å². The molecule has 4 nitrogen and oxygen atoms in total. The fourth-order valence-corrected chi connectivity index (χ4v) is 3.19. The number of hydrogen-bond donors (Lipinski definition) is 1. The fraction of sp³-hybridized carbons (Fsp3) is 0.211. The standard InChI is InChI=1S/C19H19N3O/c1-23-18-10-6-5-9-15(18)19-16-13-20-12-11-17(16)22(21-19)14-7-3-2-4-8-14/h2-10,20H,11-13H2,1H3. The Morgan fingerprint density at radius 2 is 1.83 bits per heavy atom. The molecule has 4 rings (SSSR count). The lowest BCUT2D eigenvalue weighted by atomic mass is 10.0. The number of rotatable bonds is 3. The molecule has 1 aliphatic heterocycles. The summed E-state index contributed by atoms with van der Waals surface area (Å²) >= 11 is 0. The van der Waals surface area contributed by atoms with Gasteiger partial charge in [0.1, 0.15) is 11.4 Å². The lowest BCUT2D eigenvalue weighted by Crippen LogP contribution is -2.24. The van der Waals surface area contributed by atoms with E-state index in [2.05, 4.69) is 28.2 Å². The van der Waals surface area contributed by atoms with Gasteiger partial charge in [-0.3, -0.25) is 0 Å². The van der Waals surface area contributed by atoms with Crippen molar-refractivity contribution in [3.8, 4) is 22.7 Å². The number of nitrogens with zero attached hydrogens (tertiary/aromatic N) is 2. The van der Waals surface area contributed by atoms with Gasteiger partial charge in [0.15, 0.2) is 0 Å². The molecule has 1 N–H and O–H groups in total. The zero-order chi connectivity index (χ0) is 15.6. The second-order valence-corrected chi connectivity index (χ2v) is 5.65. The molecular weight excluding hydrogens is 286 g/mol. The quantitative estimate of drug-likeness (QED) is 0.807. The van der Waals surface area contributed by atoms with Gasteiger partial charge >= 0.3 is 0 Å². The van der Waals surface area contributed by atoms with Gasteiger partial charge < -0.3 is 10.1 Å². The molecular formula is C19H19N3O. The molecule has 23 heavy (non-hydrogen) atoms. The topological polar surface area (TPSA) is 39.1 Å². The zero-order valence-electron chi connectivity index (χ0n) is 13.1. The molecule has 0 saturated carbocycles. The monoisotopic (exact) mass is 305 g/mol. The van der Waals surface area contributed by atoms with Gasteiger partial charge in [0.05, 0.1) is 18.5 Å². The minimum absolute atomic E-state index is 0.843. The Kier molecular flexibility index (Phi) is 3.60. The van der Waals surface area contributed by atoms with E-state index in [1.165, 1.54) is 11.3 Å². The smallest absolute Gasteiger partial charge is 0.128 e. The number of hydrogen-bond acceptors (Lipinski definition) is 3. The van der Waals surface area contributed by atoms with Crippen molar-refractivity contribution in [2.75, 3.05) is 13.7 Å². The molecule has 0 atom stereocenters. The molecule has 2 heterocycles. The maximum atomic E-state index is 5.54. The van der Waals surface area contributed by atoms with Crippen molar-refractivity contribution < 1.29 is 4.74 Å².